The first-order valence-corrected chi connectivity index (χ1v) is 6.40. The Morgan fingerprint density at radius 3 is 2.35 bits per heavy atom. The molecule has 0 heterocycles. The number of benzene rings is 1. The molecule has 1 aromatic carbocycles. The fourth-order valence-electron chi connectivity index (χ4n) is 1.79. The lowest BCUT2D eigenvalue weighted by Gasteiger charge is -2.34. The second-order valence-electron chi connectivity index (χ2n) is 4.75. The molecule has 0 aliphatic heterocycles. The molecule has 0 fully saturated rings. The van der Waals surface area contributed by atoms with Crippen LogP contribution in [0.25, 0.3) is 0 Å². The topological polar surface area (TPSA) is 40.5 Å². The molecule has 17 heavy (non-hydrogen) atoms. The minimum absolute atomic E-state index is 0.0656. The van der Waals surface area contributed by atoms with E-state index in [-0.39, 0.29) is 24.9 Å². The van der Waals surface area contributed by atoms with Crippen LogP contribution in [0.1, 0.15) is 19.4 Å². The Balaban J connectivity index is 3.05. The van der Waals surface area contributed by atoms with Crippen LogP contribution in [0.5, 0.6) is 0 Å². The van der Waals surface area contributed by atoms with Gasteiger partial charge in [0.15, 0.2) is 0 Å². The maximum atomic E-state index is 13.7. The Kier molecular flexibility index (Phi) is 5.10. The standard InChI is InChI=1S/C13H18BrFO2/c1-9(2)13(7-16,8-17)6-10-5-11(14)3-4-12(10)15/h3-5,9,16-17H,6-8H2,1-2H3. The summed E-state index contributed by atoms with van der Waals surface area (Å²) in [4.78, 5) is 0. The van der Waals surface area contributed by atoms with Crippen LogP contribution in [-0.4, -0.2) is 23.4 Å². The summed E-state index contributed by atoms with van der Waals surface area (Å²) in [7, 11) is 0. The minimum atomic E-state index is -0.679. The Bertz CT molecular complexity index is 376. The summed E-state index contributed by atoms with van der Waals surface area (Å²) < 4.78 is 14.4. The van der Waals surface area contributed by atoms with E-state index in [9.17, 15) is 14.6 Å². The van der Waals surface area contributed by atoms with E-state index in [1.807, 2.05) is 13.8 Å². The first-order chi connectivity index (χ1) is 7.95. The zero-order valence-corrected chi connectivity index (χ0v) is 11.7. The zero-order valence-electron chi connectivity index (χ0n) is 10.1. The zero-order chi connectivity index (χ0) is 13.1. The lowest BCUT2D eigenvalue weighted by molar-refractivity contribution is 0.0157. The monoisotopic (exact) mass is 304 g/mol. The van der Waals surface area contributed by atoms with Crippen molar-refractivity contribution in [3.8, 4) is 0 Å². The number of rotatable bonds is 5. The molecule has 1 rings (SSSR count). The summed E-state index contributed by atoms with van der Waals surface area (Å²) in [6.45, 7) is 3.52. The van der Waals surface area contributed by atoms with Gasteiger partial charge < -0.3 is 10.2 Å². The van der Waals surface area contributed by atoms with Crippen molar-refractivity contribution in [3.63, 3.8) is 0 Å². The fraction of sp³-hybridized carbons (Fsp3) is 0.538. The second kappa shape index (κ2) is 5.94. The largest absolute Gasteiger partial charge is 0.396 e. The Morgan fingerprint density at radius 2 is 1.88 bits per heavy atom. The normalized spacial score (nSPS) is 12.2. The molecule has 0 aliphatic carbocycles. The van der Waals surface area contributed by atoms with Crippen LogP contribution in [0.15, 0.2) is 22.7 Å². The third-order valence-electron chi connectivity index (χ3n) is 3.40. The Hall–Kier alpha value is -0.450. The molecule has 0 radical (unpaired) electrons. The predicted octanol–water partition coefficient (Wildman–Crippen LogP) is 2.76. The Morgan fingerprint density at radius 1 is 1.29 bits per heavy atom. The molecule has 1 aromatic rings. The molecule has 0 saturated heterocycles. The van der Waals surface area contributed by atoms with E-state index in [1.54, 1.807) is 12.1 Å². The summed E-state index contributed by atoms with van der Waals surface area (Å²) in [5, 5.41) is 18.9. The molecule has 0 unspecified atom stereocenters. The van der Waals surface area contributed by atoms with Gasteiger partial charge in [0.1, 0.15) is 5.82 Å². The molecule has 0 aromatic heterocycles. The van der Waals surface area contributed by atoms with Crippen molar-refractivity contribution in [3.05, 3.63) is 34.1 Å². The lowest BCUT2D eigenvalue weighted by Crippen LogP contribution is -2.38. The van der Waals surface area contributed by atoms with Gasteiger partial charge in [0.05, 0.1) is 13.2 Å². The highest BCUT2D eigenvalue weighted by molar-refractivity contribution is 9.10. The number of aliphatic hydroxyl groups excluding tert-OH is 2. The molecule has 2 nitrogen and oxygen atoms in total. The average molecular weight is 305 g/mol. The van der Waals surface area contributed by atoms with Gasteiger partial charge in [-0.1, -0.05) is 29.8 Å². The van der Waals surface area contributed by atoms with Crippen LogP contribution >= 0.6 is 15.9 Å². The quantitative estimate of drug-likeness (QED) is 0.878. The molecule has 0 spiro atoms. The third kappa shape index (κ3) is 3.27. The van der Waals surface area contributed by atoms with Gasteiger partial charge in [-0.05, 0) is 36.1 Å². The molecule has 0 saturated carbocycles. The summed E-state index contributed by atoms with van der Waals surface area (Å²) in [6, 6.07) is 4.71. The molecule has 0 aliphatic rings. The van der Waals surface area contributed by atoms with Gasteiger partial charge >= 0.3 is 0 Å². The van der Waals surface area contributed by atoms with E-state index < -0.39 is 5.41 Å². The minimum Gasteiger partial charge on any atom is -0.396 e. The van der Waals surface area contributed by atoms with E-state index in [0.29, 0.717) is 12.0 Å². The van der Waals surface area contributed by atoms with Crippen LogP contribution < -0.4 is 0 Å². The van der Waals surface area contributed by atoms with Crippen molar-refractivity contribution in [2.45, 2.75) is 20.3 Å². The van der Waals surface area contributed by atoms with Gasteiger partial charge in [0.25, 0.3) is 0 Å². The molecular formula is C13H18BrFO2. The summed E-state index contributed by atoms with van der Waals surface area (Å²) in [5.74, 6) is -0.240. The van der Waals surface area contributed by atoms with E-state index >= 15 is 0 Å². The van der Waals surface area contributed by atoms with Crippen molar-refractivity contribution in [2.75, 3.05) is 13.2 Å². The Labute approximate surface area is 110 Å². The van der Waals surface area contributed by atoms with Crippen molar-refractivity contribution < 1.29 is 14.6 Å². The SMILES string of the molecule is CC(C)C(CO)(CO)Cc1cc(Br)ccc1F. The molecular weight excluding hydrogens is 287 g/mol. The van der Waals surface area contributed by atoms with E-state index in [0.717, 1.165) is 4.47 Å². The van der Waals surface area contributed by atoms with Gasteiger partial charge in [-0.2, -0.15) is 0 Å². The summed E-state index contributed by atoms with van der Waals surface area (Å²) in [5.41, 5.74) is -0.169. The molecule has 0 amide bonds. The van der Waals surface area contributed by atoms with Crippen LogP contribution in [0.3, 0.4) is 0 Å². The number of halogens is 2. The molecule has 4 heteroatoms. The van der Waals surface area contributed by atoms with Crippen molar-refractivity contribution in [1.82, 2.24) is 0 Å². The highest BCUT2D eigenvalue weighted by Gasteiger charge is 2.33. The average Bonchev–Trinajstić information content (AvgIpc) is 2.30. The lowest BCUT2D eigenvalue weighted by atomic mass is 9.74. The molecule has 0 bridgehead atoms. The summed E-state index contributed by atoms with van der Waals surface area (Å²) in [6.07, 6.45) is 0.322. The molecule has 2 N–H and O–H groups in total. The van der Waals surface area contributed by atoms with E-state index in [2.05, 4.69) is 15.9 Å². The number of hydrogen-bond acceptors (Lipinski definition) is 2. The smallest absolute Gasteiger partial charge is 0.126 e. The van der Waals surface area contributed by atoms with Crippen molar-refractivity contribution in [1.29, 1.82) is 0 Å². The second-order valence-corrected chi connectivity index (χ2v) is 5.66. The number of hydrogen-bond donors (Lipinski definition) is 2. The van der Waals surface area contributed by atoms with Crippen molar-refractivity contribution in [2.24, 2.45) is 11.3 Å². The maximum Gasteiger partial charge on any atom is 0.126 e. The van der Waals surface area contributed by atoms with E-state index in [4.69, 9.17) is 0 Å². The third-order valence-corrected chi connectivity index (χ3v) is 3.90. The van der Waals surface area contributed by atoms with Crippen LogP contribution in [0.2, 0.25) is 0 Å². The summed E-state index contributed by atoms with van der Waals surface area (Å²) >= 11 is 3.29. The van der Waals surface area contributed by atoms with Crippen LogP contribution in [-0.2, 0) is 6.42 Å². The van der Waals surface area contributed by atoms with Gasteiger partial charge in [0, 0.05) is 9.89 Å². The first kappa shape index (κ1) is 14.6. The van der Waals surface area contributed by atoms with E-state index in [1.165, 1.54) is 6.07 Å². The molecule has 96 valence electrons. The predicted molar refractivity (Wildman–Crippen MR) is 69.2 cm³/mol. The van der Waals surface area contributed by atoms with Crippen molar-refractivity contribution >= 4 is 15.9 Å². The van der Waals surface area contributed by atoms with Crippen LogP contribution in [0.4, 0.5) is 4.39 Å². The maximum absolute atomic E-state index is 13.7. The highest BCUT2D eigenvalue weighted by Crippen LogP contribution is 2.32. The van der Waals surface area contributed by atoms with Gasteiger partial charge in [0.2, 0.25) is 0 Å². The van der Waals surface area contributed by atoms with Crippen LogP contribution in [0, 0.1) is 17.2 Å². The first-order valence-electron chi connectivity index (χ1n) is 5.61. The molecule has 0 atom stereocenters. The highest BCUT2D eigenvalue weighted by atomic mass is 79.9. The number of aliphatic hydroxyl groups is 2. The van der Waals surface area contributed by atoms with Gasteiger partial charge in [-0.3, -0.25) is 0 Å². The van der Waals surface area contributed by atoms with Gasteiger partial charge in [-0.15, -0.1) is 0 Å². The van der Waals surface area contributed by atoms with Gasteiger partial charge in [-0.25, -0.2) is 4.39 Å². The fourth-order valence-corrected chi connectivity index (χ4v) is 2.20.